The van der Waals surface area contributed by atoms with E-state index in [4.69, 9.17) is 4.74 Å². The number of hydrogen-bond acceptors (Lipinski definition) is 5. The normalized spacial score (nSPS) is 14.0. The van der Waals surface area contributed by atoms with Crippen molar-refractivity contribution < 1.29 is 22.7 Å². The summed E-state index contributed by atoms with van der Waals surface area (Å²) in [5.74, 6) is -0.280. The van der Waals surface area contributed by atoms with E-state index in [9.17, 15) is 18.0 Å². The van der Waals surface area contributed by atoms with E-state index in [1.165, 1.54) is 19.2 Å². The number of nitrogens with one attached hydrogen (secondary N) is 1. The zero-order chi connectivity index (χ0) is 32.5. The van der Waals surface area contributed by atoms with Crippen molar-refractivity contribution in [3.05, 3.63) is 126 Å². The molecule has 0 aromatic heterocycles. The second-order valence-corrected chi connectivity index (χ2v) is 13.5. The summed E-state index contributed by atoms with van der Waals surface area (Å²) in [7, 11) is -2.68. The van der Waals surface area contributed by atoms with Crippen molar-refractivity contribution >= 4 is 27.5 Å². The molecule has 0 aliphatic heterocycles. The van der Waals surface area contributed by atoms with Crippen molar-refractivity contribution in [1.29, 1.82) is 0 Å². The number of aryl methyl sites for hydroxylation is 1. The van der Waals surface area contributed by atoms with Crippen LogP contribution in [0.4, 0.5) is 5.69 Å². The zero-order valence-corrected chi connectivity index (χ0v) is 27.2. The average Bonchev–Trinajstić information content (AvgIpc) is 3.59. The fourth-order valence-corrected chi connectivity index (χ4v) is 7.33. The number of anilines is 1. The Balaban J connectivity index is 1.58. The molecule has 1 atom stereocenters. The van der Waals surface area contributed by atoms with Crippen molar-refractivity contribution in [3.63, 3.8) is 0 Å². The monoisotopic (exact) mass is 639 g/mol. The van der Waals surface area contributed by atoms with Crippen LogP contribution in [0.15, 0.2) is 114 Å². The summed E-state index contributed by atoms with van der Waals surface area (Å²) >= 11 is 0. The highest BCUT2D eigenvalue weighted by atomic mass is 32.2. The Bertz CT molecular complexity index is 1720. The Hall–Kier alpha value is -4.63. The van der Waals surface area contributed by atoms with Gasteiger partial charge in [0.1, 0.15) is 18.3 Å². The third-order valence-corrected chi connectivity index (χ3v) is 10.3. The van der Waals surface area contributed by atoms with Gasteiger partial charge in [0.05, 0.1) is 17.7 Å². The highest BCUT2D eigenvalue weighted by Gasteiger charge is 2.35. The number of carbonyl (C=O) groups is 2. The van der Waals surface area contributed by atoms with Gasteiger partial charge < -0.3 is 15.0 Å². The van der Waals surface area contributed by atoms with Gasteiger partial charge in [-0.2, -0.15) is 0 Å². The molecule has 0 heterocycles. The summed E-state index contributed by atoms with van der Waals surface area (Å²) in [6, 6.07) is 31.2. The van der Waals surface area contributed by atoms with E-state index in [0.717, 1.165) is 46.7 Å². The second-order valence-electron chi connectivity index (χ2n) is 11.7. The van der Waals surface area contributed by atoms with Crippen LogP contribution in [0.5, 0.6) is 5.75 Å². The zero-order valence-electron chi connectivity index (χ0n) is 26.3. The quantitative estimate of drug-likeness (QED) is 0.197. The first kappa shape index (κ1) is 32.8. The molecule has 46 heavy (non-hydrogen) atoms. The third-order valence-electron chi connectivity index (χ3n) is 8.53. The van der Waals surface area contributed by atoms with E-state index in [0.29, 0.717) is 5.75 Å². The van der Waals surface area contributed by atoms with E-state index in [1.807, 2.05) is 61.5 Å². The summed E-state index contributed by atoms with van der Waals surface area (Å²) < 4.78 is 34.8. The molecular formula is C37H41N3O5S. The maximum Gasteiger partial charge on any atom is 0.264 e. The lowest BCUT2D eigenvalue weighted by Gasteiger charge is -2.34. The van der Waals surface area contributed by atoms with Crippen molar-refractivity contribution in [2.75, 3.05) is 18.0 Å². The lowest BCUT2D eigenvalue weighted by molar-refractivity contribution is -0.140. The van der Waals surface area contributed by atoms with Crippen LogP contribution in [0.2, 0.25) is 0 Å². The Morgan fingerprint density at radius 1 is 0.870 bits per heavy atom. The van der Waals surface area contributed by atoms with Crippen LogP contribution in [0, 0.1) is 6.92 Å². The number of sulfonamides is 1. The fraction of sp³-hybridized carbons (Fsp3) is 0.297. The van der Waals surface area contributed by atoms with Gasteiger partial charge in [0, 0.05) is 25.1 Å². The summed E-state index contributed by atoms with van der Waals surface area (Å²) in [6.07, 6.45) is 4.17. The number of hydrogen-bond donors (Lipinski definition) is 1. The average molecular weight is 640 g/mol. The number of ether oxygens (including phenoxy) is 1. The largest absolute Gasteiger partial charge is 0.497 e. The van der Waals surface area contributed by atoms with Gasteiger partial charge in [0.2, 0.25) is 11.8 Å². The molecule has 1 fully saturated rings. The number of rotatable bonds is 13. The van der Waals surface area contributed by atoms with Crippen LogP contribution in [0.25, 0.3) is 0 Å². The molecule has 1 aliphatic carbocycles. The number of nitrogens with zero attached hydrogens (tertiary/aromatic N) is 2. The maximum atomic E-state index is 14.7. The molecule has 9 heteroatoms. The molecule has 5 rings (SSSR count). The smallest absolute Gasteiger partial charge is 0.264 e. The van der Waals surface area contributed by atoms with Crippen molar-refractivity contribution in [3.8, 4) is 5.75 Å². The molecule has 0 spiro atoms. The molecular weight excluding hydrogens is 598 g/mol. The standard InChI is InChI=1S/C37H41N3O5S/c1-28-14-9-10-17-30(28)26-39(35(24-29-15-5-3-6-16-29)37(42)38-31-18-11-12-19-31)36(41)27-40(32-20-13-21-33(25-32)45-2)46(43,44)34-22-7-4-8-23-34/h3-10,13-17,20-23,25,31,35H,11-12,18-19,24,26-27H2,1-2H3,(H,38,42)/t35-/m0/s1. The molecule has 2 amide bonds. The minimum Gasteiger partial charge on any atom is -0.497 e. The Morgan fingerprint density at radius 3 is 2.20 bits per heavy atom. The van der Waals surface area contributed by atoms with Crippen molar-refractivity contribution in [1.82, 2.24) is 10.2 Å². The van der Waals surface area contributed by atoms with Gasteiger partial charge >= 0.3 is 0 Å². The molecule has 0 unspecified atom stereocenters. The SMILES string of the molecule is COc1cccc(N(CC(=O)N(Cc2ccccc2C)[C@@H](Cc2ccccc2)C(=O)NC2CCCC2)S(=O)(=O)c2ccccc2)c1. The van der Waals surface area contributed by atoms with Gasteiger partial charge in [-0.25, -0.2) is 8.42 Å². The third kappa shape index (κ3) is 7.95. The van der Waals surface area contributed by atoms with Gasteiger partial charge in [-0.3, -0.25) is 13.9 Å². The van der Waals surface area contributed by atoms with Gasteiger partial charge in [0.25, 0.3) is 10.0 Å². The Morgan fingerprint density at radius 2 is 1.52 bits per heavy atom. The highest BCUT2D eigenvalue weighted by Crippen LogP contribution is 2.28. The first-order valence-electron chi connectivity index (χ1n) is 15.7. The van der Waals surface area contributed by atoms with Crippen molar-refractivity contribution in [2.24, 2.45) is 0 Å². The van der Waals surface area contributed by atoms with E-state index in [-0.39, 0.29) is 35.5 Å². The summed E-state index contributed by atoms with van der Waals surface area (Å²) in [4.78, 5) is 30.4. The van der Waals surface area contributed by atoms with Crippen LogP contribution in [-0.4, -0.2) is 50.9 Å². The first-order valence-corrected chi connectivity index (χ1v) is 17.1. The number of carbonyl (C=O) groups excluding carboxylic acids is 2. The number of amides is 2. The fourth-order valence-electron chi connectivity index (χ4n) is 5.91. The molecule has 8 nitrogen and oxygen atoms in total. The molecule has 1 aliphatic rings. The van der Waals surface area contributed by atoms with Gasteiger partial charge in [-0.15, -0.1) is 0 Å². The van der Waals surface area contributed by atoms with Crippen LogP contribution in [0.3, 0.4) is 0 Å². The van der Waals surface area contributed by atoms with Gasteiger partial charge in [-0.1, -0.05) is 91.7 Å². The molecule has 0 radical (unpaired) electrons. The molecule has 4 aromatic rings. The molecule has 0 saturated heterocycles. The van der Waals surface area contributed by atoms with Crippen LogP contribution >= 0.6 is 0 Å². The first-order chi connectivity index (χ1) is 22.3. The van der Waals surface area contributed by atoms with Gasteiger partial charge in [-0.05, 0) is 60.7 Å². The van der Waals surface area contributed by atoms with E-state index < -0.39 is 28.5 Å². The van der Waals surface area contributed by atoms with Crippen LogP contribution < -0.4 is 14.4 Å². The topological polar surface area (TPSA) is 96.0 Å². The minimum absolute atomic E-state index is 0.0490. The molecule has 240 valence electrons. The molecule has 1 N–H and O–H groups in total. The number of methoxy groups -OCH3 is 1. The van der Waals surface area contributed by atoms with Crippen molar-refractivity contribution in [2.45, 2.75) is 62.6 Å². The lowest BCUT2D eigenvalue weighted by atomic mass is 10.0. The molecule has 0 bridgehead atoms. The van der Waals surface area contributed by atoms with E-state index >= 15 is 0 Å². The summed E-state index contributed by atoms with van der Waals surface area (Å²) in [5, 5.41) is 3.21. The Labute approximate surface area is 272 Å². The van der Waals surface area contributed by atoms with Crippen LogP contribution in [0.1, 0.15) is 42.4 Å². The highest BCUT2D eigenvalue weighted by molar-refractivity contribution is 7.92. The molecule has 4 aromatic carbocycles. The predicted molar refractivity (Wildman–Crippen MR) is 180 cm³/mol. The van der Waals surface area contributed by atoms with E-state index in [1.54, 1.807) is 47.4 Å². The minimum atomic E-state index is -4.18. The maximum absolute atomic E-state index is 14.7. The van der Waals surface area contributed by atoms with Gasteiger partial charge in [0.15, 0.2) is 0 Å². The van der Waals surface area contributed by atoms with Crippen LogP contribution in [-0.2, 0) is 32.6 Å². The number of benzene rings is 4. The summed E-state index contributed by atoms with van der Waals surface area (Å²) in [5.41, 5.74) is 3.03. The second kappa shape index (κ2) is 15.1. The predicted octanol–water partition coefficient (Wildman–Crippen LogP) is 5.90. The summed E-state index contributed by atoms with van der Waals surface area (Å²) in [6.45, 7) is 1.59. The lowest BCUT2D eigenvalue weighted by Crippen LogP contribution is -2.54. The molecule has 1 saturated carbocycles. The Kier molecular flexibility index (Phi) is 10.8. The van der Waals surface area contributed by atoms with E-state index in [2.05, 4.69) is 5.32 Å².